The van der Waals surface area contributed by atoms with Crippen LogP contribution in [-0.2, 0) is 11.5 Å². The fraction of sp³-hybridized carbons (Fsp3) is 0.304. The third-order valence-corrected chi connectivity index (χ3v) is 6.45. The molecular formula is C23H25N3OS. The molecule has 0 spiro atoms. The van der Waals surface area contributed by atoms with Crippen molar-refractivity contribution in [3.8, 4) is 5.69 Å². The molecular weight excluding hydrogens is 366 g/mol. The third-order valence-electron chi connectivity index (χ3n) is 5.48. The van der Waals surface area contributed by atoms with Crippen LogP contribution in [0.25, 0.3) is 5.69 Å². The van der Waals surface area contributed by atoms with E-state index in [0.29, 0.717) is 5.56 Å². The summed E-state index contributed by atoms with van der Waals surface area (Å²) in [4.78, 5) is 15.1. The van der Waals surface area contributed by atoms with Crippen LogP contribution in [0.15, 0.2) is 36.4 Å². The summed E-state index contributed by atoms with van der Waals surface area (Å²) in [6, 6.07) is 12.2. The van der Waals surface area contributed by atoms with Crippen LogP contribution in [0.3, 0.4) is 0 Å². The van der Waals surface area contributed by atoms with E-state index in [9.17, 15) is 4.79 Å². The molecule has 0 bridgehead atoms. The molecule has 0 aliphatic carbocycles. The SMILES string of the molecule is Cc1ccc(-n2nc3c(c2N(C)C(=O)c2ccc(C)c(C)c2)CSC3)c(C)c1. The van der Waals surface area contributed by atoms with Crippen molar-refractivity contribution < 1.29 is 4.79 Å². The summed E-state index contributed by atoms with van der Waals surface area (Å²) in [6.45, 7) is 8.29. The van der Waals surface area contributed by atoms with Crippen molar-refractivity contribution in [2.24, 2.45) is 0 Å². The first-order valence-electron chi connectivity index (χ1n) is 9.48. The Labute approximate surface area is 170 Å². The van der Waals surface area contributed by atoms with Crippen LogP contribution < -0.4 is 4.90 Å². The van der Waals surface area contributed by atoms with Gasteiger partial charge < -0.3 is 0 Å². The number of carbonyl (C=O) groups excluding carboxylic acids is 1. The van der Waals surface area contributed by atoms with Crippen LogP contribution in [0, 0.1) is 27.7 Å². The van der Waals surface area contributed by atoms with E-state index in [1.807, 2.05) is 48.6 Å². The van der Waals surface area contributed by atoms with Gasteiger partial charge >= 0.3 is 0 Å². The van der Waals surface area contributed by atoms with Crippen LogP contribution in [0.4, 0.5) is 5.82 Å². The Hall–Kier alpha value is -2.53. The van der Waals surface area contributed by atoms with Crippen LogP contribution in [0.5, 0.6) is 0 Å². The molecule has 5 heteroatoms. The standard InChI is InChI=1S/C23H25N3OS/c1-14-6-9-21(17(4)10-14)26-22(19-12-28-13-20(19)24-26)25(5)23(27)18-8-7-15(2)16(3)11-18/h6-11H,12-13H2,1-5H3. The van der Waals surface area contributed by atoms with E-state index in [-0.39, 0.29) is 5.91 Å². The van der Waals surface area contributed by atoms with Gasteiger partial charge in [0.2, 0.25) is 0 Å². The van der Waals surface area contributed by atoms with Gasteiger partial charge in [0, 0.05) is 29.7 Å². The summed E-state index contributed by atoms with van der Waals surface area (Å²) in [7, 11) is 1.86. The van der Waals surface area contributed by atoms with E-state index >= 15 is 0 Å². The maximum absolute atomic E-state index is 13.3. The second kappa shape index (κ2) is 7.13. The van der Waals surface area contributed by atoms with Gasteiger partial charge in [-0.1, -0.05) is 23.8 Å². The number of thioether (sulfide) groups is 1. The number of carbonyl (C=O) groups is 1. The van der Waals surface area contributed by atoms with Crippen molar-refractivity contribution in [1.82, 2.24) is 9.78 Å². The first kappa shape index (κ1) is 18.8. The summed E-state index contributed by atoms with van der Waals surface area (Å²) in [5.74, 6) is 2.66. The Kier molecular flexibility index (Phi) is 4.79. The molecule has 1 amide bonds. The predicted octanol–water partition coefficient (Wildman–Crippen LogP) is 5.13. The lowest BCUT2D eigenvalue weighted by Crippen LogP contribution is -2.29. The maximum Gasteiger partial charge on any atom is 0.259 e. The van der Waals surface area contributed by atoms with Gasteiger partial charge in [0.15, 0.2) is 0 Å². The van der Waals surface area contributed by atoms with E-state index in [4.69, 9.17) is 5.10 Å². The number of rotatable bonds is 3. The maximum atomic E-state index is 13.3. The minimum atomic E-state index is -0.00582. The highest BCUT2D eigenvalue weighted by atomic mass is 32.2. The smallest absolute Gasteiger partial charge is 0.259 e. The summed E-state index contributed by atoms with van der Waals surface area (Å²) < 4.78 is 1.96. The fourth-order valence-corrected chi connectivity index (χ4v) is 4.75. The highest BCUT2D eigenvalue weighted by molar-refractivity contribution is 7.98. The first-order valence-corrected chi connectivity index (χ1v) is 10.6. The predicted molar refractivity (Wildman–Crippen MR) is 117 cm³/mol. The van der Waals surface area contributed by atoms with E-state index < -0.39 is 0 Å². The molecule has 1 aliphatic heterocycles. The number of amides is 1. The first-order chi connectivity index (χ1) is 13.4. The average molecular weight is 392 g/mol. The van der Waals surface area contributed by atoms with Crippen LogP contribution in [-0.4, -0.2) is 22.7 Å². The molecule has 144 valence electrons. The lowest BCUT2D eigenvalue weighted by Gasteiger charge is -2.21. The number of aromatic nitrogens is 2. The number of hydrogen-bond donors (Lipinski definition) is 0. The monoisotopic (exact) mass is 391 g/mol. The van der Waals surface area contributed by atoms with Crippen molar-refractivity contribution in [3.05, 3.63) is 75.5 Å². The molecule has 0 saturated carbocycles. The van der Waals surface area contributed by atoms with Crippen LogP contribution in [0.2, 0.25) is 0 Å². The van der Waals surface area contributed by atoms with E-state index in [0.717, 1.165) is 39.8 Å². The third kappa shape index (κ3) is 3.14. The van der Waals surface area contributed by atoms with Crippen molar-refractivity contribution in [2.45, 2.75) is 39.2 Å². The van der Waals surface area contributed by atoms with Crippen molar-refractivity contribution in [2.75, 3.05) is 11.9 Å². The Morgan fingerprint density at radius 3 is 2.50 bits per heavy atom. The van der Waals surface area contributed by atoms with Gasteiger partial charge in [0.05, 0.1) is 11.4 Å². The lowest BCUT2D eigenvalue weighted by molar-refractivity contribution is 0.0991. The number of anilines is 1. The summed E-state index contributed by atoms with van der Waals surface area (Å²) in [5.41, 5.74) is 8.68. The van der Waals surface area contributed by atoms with Gasteiger partial charge in [0.1, 0.15) is 5.82 Å². The lowest BCUT2D eigenvalue weighted by atomic mass is 10.1. The van der Waals surface area contributed by atoms with Gasteiger partial charge in [-0.25, -0.2) is 4.68 Å². The Bertz CT molecular complexity index is 1080. The second-order valence-electron chi connectivity index (χ2n) is 7.61. The van der Waals surface area contributed by atoms with Crippen molar-refractivity contribution >= 4 is 23.5 Å². The summed E-state index contributed by atoms with van der Waals surface area (Å²) >= 11 is 1.85. The highest BCUT2D eigenvalue weighted by Crippen LogP contribution is 2.38. The number of fused-ring (bicyclic) bond motifs is 1. The second-order valence-corrected chi connectivity index (χ2v) is 8.59. The van der Waals surface area contributed by atoms with Gasteiger partial charge in [-0.2, -0.15) is 16.9 Å². The molecule has 3 aromatic rings. The molecule has 2 heterocycles. The van der Waals surface area contributed by atoms with E-state index in [1.54, 1.807) is 4.90 Å². The molecule has 4 rings (SSSR count). The normalized spacial score (nSPS) is 12.9. The van der Waals surface area contributed by atoms with Gasteiger partial charge in [-0.05, 0) is 62.6 Å². The molecule has 0 saturated heterocycles. The van der Waals surface area contributed by atoms with Crippen molar-refractivity contribution in [1.29, 1.82) is 0 Å². The van der Waals surface area contributed by atoms with E-state index in [2.05, 4.69) is 39.0 Å². The molecule has 0 fully saturated rings. The molecule has 0 atom stereocenters. The van der Waals surface area contributed by atoms with Gasteiger partial charge in [-0.3, -0.25) is 9.69 Å². The van der Waals surface area contributed by atoms with E-state index in [1.165, 1.54) is 16.7 Å². The zero-order chi connectivity index (χ0) is 20.0. The molecule has 0 radical (unpaired) electrons. The Morgan fingerprint density at radius 1 is 1.00 bits per heavy atom. The highest BCUT2D eigenvalue weighted by Gasteiger charge is 2.29. The fourth-order valence-electron chi connectivity index (χ4n) is 3.72. The minimum absolute atomic E-state index is 0.00582. The number of benzene rings is 2. The molecule has 0 N–H and O–H groups in total. The Balaban J connectivity index is 1.82. The molecule has 1 aliphatic rings. The summed E-state index contributed by atoms with van der Waals surface area (Å²) in [6.07, 6.45) is 0. The number of hydrogen-bond acceptors (Lipinski definition) is 3. The molecule has 2 aromatic carbocycles. The largest absolute Gasteiger partial charge is 0.295 e. The number of aryl methyl sites for hydroxylation is 4. The minimum Gasteiger partial charge on any atom is -0.295 e. The molecule has 1 aromatic heterocycles. The summed E-state index contributed by atoms with van der Waals surface area (Å²) in [5, 5.41) is 4.88. The van der Waals surface area contributed by atoms with Gasteiger partial charge in [0.25, 0.3) is 5.91 Å². The Morgan fingerprint density at radius 2 is 1.79 bits per heavy atom. The quantitative estimate of drug-likeness (QED) is 0.621. The average Bonchev–Trinajstić information content (AvgIpc) is 3.24. The molecule has 28 heavy (non-hydrogen) atoms. The molecule has 4 nitrogen and oxygen atoms in total. The zero-order valence-corrected chi connectivity index (χ0v) is 17.9. The van der Waals surface area contributed by atoms with Gasteiger partial charge in [-0.15, -0.1) is 0 Å². The van der Waals surface area contributed by atoms with Crippen LogP contribution in [0.1, 0.15) is 43.9 Å². The van der Waals surface area contributed by atoms with Crippen LogP contribution >= 0.6 is 11.8 Å². The van der Waals surface area contributed by atoms with Crippen molar-refractivity contribution in [3.63, 3.8) is 0 Å². The number of nitrogens with zero attached hydrogens (tertiary/aromatic N) is 3. The zero-order valence-electron chi connectivity index (χ0n) is 17.0. The molecule has 0 unspecified atom stereocenters. The topological polar surface area (TPSA) is 38.1 Å².